The van der Waals surface area contributed by atoms with E-state index >= 15 is 0 Å². The highest BCUT2D eigenvalue weighted by atomic mass is 35.5. The molecule has 0 radical (unpaired) electrons. The summed E-state index contributed by atoms with van der Waals surface area (Å²) in [6, 6.07) is 22.0. The number of nitrogens with one attached hydrogen (secondary N) is 2. The summed E-state index contributed by atoms with van der Waals surface area (Å²) in [6.45, 7) is 0. The number of esters is 1. The zero-order chi connectivity index (χ0) is 27.5. The number of carbonyl (C=O) groups excluding carboxylic acids is 4. The predicted molar refractivity (Wildman–Crippen MR) is 149 cm³/mol. The molecular weight excluding hydrogens is 540 g/mol. The number of hydrogen-bond donors (Lipinski definition) is 2. The highest BCUT2D eigenvalue weighted by Gasteiger charge is 2.40. The minimum Gasteiger partial charge on any atom is -0.465 e. The van der Waals surface area contributed by atoms with Gasteiger partial charge in [-0.2, -0.15) is 0 Å². The number of thiazole rings is 1. The van der Waals surface area contributed by atoms with Crippen LogP contribution >= 0.6 is 22.9 Å². The van der Waals surface area contributed by atoms with E-state index in [0.29, 0.717) is 10.8 Å². The Hall–Kier alpha value is -4.80. The SMILES string of the molecule is COC(=O)c1ccccc1N1C(=O)C(Cl)=C(Nc2cccc(C(=O)Nc3nc(-c4ccccc4)cs3)c2)C1=O. The Morgan fingerprint density at radius 1 is 0.949 bits per heavy atom. The third-order valence-electron chi connectivity index (χ3n) is 5.77. The molecule has 1 aromatic heterocycles. The number of methoxy groups -OCH3 is 1. The Morgan fingerprint density at radius 3 is 2.46 bits per heavy atom. The van der Waals surface area contributed by atoms with Gasteiger partial charge in [-0.25, -0.2) is 14.7 Å². The summed E-state index contributed by atoms with van der Waals surface area (Å²) < 4.78 is 4.77. The first-order valence-electron chi connectivity index (χ1n) is 11.5. The lowest BCUT2D eigenvalue weighted by Crippen LogP contribution is -2.33. The molecule has 5 rings (SSSR count). The third kappa shape index (κ3) is 5.15. The van der Waals surface area contributed by atoms with Crippen molar-refractivity contribution >= 4 is 63.1 Å². The molecule has 3 aromatic carbocycles. The van der Waals surface area contributed by atoms with Crippen LogP contribution in [0.1, 0.15) is 20.7 Å². The number of para-hydroxylation sites is 1. The molecule has 0 atom stereocenters. The standard InChI is InChI=1S/C28H19ClN4O5S/c1-38-27(37)19-12-5-6-13-21(19)33-25(35)22(29)23(26(33)36)30-18-11-7-10-17(14-18)24(34)32-28-31-20(15-39-28)16-8-3-2-4-9-16/h2-15,30H,1H3,(H,31,32,34). The summed E-state index contributed by atoms with van der Waals surface area (Å²) >= 11 is 7.55. The first kappa shape index (κ1) is 25.8. The molecule has 0 spiro atoms. The molecule has 2 N–H and O–H groups in total. The predicted octanol–water partition coefficient (Wildman–Crippen LogP) is 5.28. The van der Waals surface area contributed by atoms with Crippen molar-refractivity contribution < 1.29 is 23.9 Å². The van der Waals surface area contributed by atoms with E-state index in [9.17, 15) is 19.2 Å². The summed E-state index contributed by atoms with van der Waals surface area (Å²) in [5.74, 6) is -2.67. The van der Waals surface area contributed by atoms with Crippen LogP contribution in [0.15, 0.2) is 95.0 Å². The number of ether oxygens (including phenoxy) is 1. The lowest BCUT2D eigenvalue weighted by Gasteiger charge is -2.18. The zero-order valence-electron chi connectivity index (χ0n) is 20.3. The molecule has 0 saturated carbocycles. The van der Waals surface area contributed by atoms with E-state index in [4.69, 9.17) is 16.3 Å². The fraction of sp³-hybridized carbons (Fsp3) is 0.0357. The Labute approximate surface area is 231 Å². The molecule has 0 unspecified atom stereocenters. The van der Waals surface area contributed by atoms with E-state index in [2.05, 4.69) is 15.6 Å². The zero-order valence-corrected chi connectivity index (χ0v) is 21.9. The van der Waals surface area contributed by atoms with Crippen molar-refractivity contribution in [1.29, 1.82) is 0 Å². The highest BCUT2D eigenvalue weighted by Crippen LogP contribution is 2.33. The second-order valence-corrected chi connectivity index (χ2v) is 9.44. The summed E-state index contributed by atoms with van der Waals surface area (Å²) in [6.07, 6.45) is 0. The van der Waals surface area contributed by atoms with Crippen LogP contribution in [-0.4, -0.2) is 35.8 Å². The second kappa shape index (κ2) is 10.9. The number of carbonyl (C=O) groups is 4. The minimum atomic E-state index is -0.799. The summed E-state index contributed by atoms with van der Waals surface area (Å²) in [4.78, 5) is 56.5. The molecule has 1 aliphatic heterocycles. The Balaban J connectivity index is 1.33. The van der Waals surface area contributed by atoms with Crippen LogP contribution in [0.3, 0.4) is 0 Å². The first-order valence-corrected chi connectivity index (χ1v) is 12.8. The van der Waals surface area contributed by atoms with E-state index < -0.39 is 23.7 Å². The number of benzene rings is 3. The van der Waals surface area contributed by atoms with Crippen molar-refractivity contribution in [2.24, 2.45) is 0 Å². The normalized spacial score (nSPS) is 13.0. The minimum absolute atomic E-state index is 0.0312. The van der Waals surface area contributed by atoms with Crippen LogP contribution in [0.5, 0.6) is 0 Å². The molecule has 0 fully saturated rings. The number of imide groups is 1. The molecule has 9 nitrogen and oxygen atoms in total. The number of anilines is 3. The van der Waals surface area contributed by atoms with Gasteiger partial charge in [0.1, 0.15) is 10.7 Å². The van der Waals surface area contributed by atoms with E-state index in [-0.39, 0.29) is 27.5 Å². The largest absolute Gasteiger partial charge is 0.465 e. The molecule has 4 aromatic rings. The van der Waals surface area contributed by atoms with Crippen molar-refractivity contribution in [1.82, 2.24) is 4.98 Å². The van der Waals surface area contributed by atoms with Crippen LogP contribution < -0.4 is 15.5 Å². The number of nitrogens with zero attached hydrogens (tertiary/aromatic N) is 2. The van der Waals surface area contributed by atoms with Gasteiger partial charge in [0.25, 0.3) is 17.7 Å². The number of amides is 3. The molecule has 1 aliphatic rings. The molecule has 11 heteroatoms. The van der Waals surface area contributed by atoms with Gasteiger partial charge < -0.3 is 10.1 Å². The van der Waals surface area contributed by atoms with Gasteiger partial charge in [0.15, 0.2) is 5.13 Å². The second-order valence-electron chi connectivity index (χ2n) is 8.21. The van der Waals surface area contributed by atoms with Crippen molar-refractivity contribution in [3.8, 4) is 11.3 Å². The van der Waals surface area contributed by atoms with E-state index in [0.717, 1.165) is 16.2 Å². The fourth-order valence-corrected chi connectivity index (χ4v) is 4.83. The van der Waals surface area contributed by atoms with Crippen molar-refractivity contribution in [3.05, 3.63) is 106 Å². The average Bonchev–Trinajstić information content (AvgIpc) is 3.51. The quantitative estimate of drug-likeness (QED) is 0.234. The van der Waals surface area contributed by atoms with Gasteiger partial charge in [-0.3, -0.25) is 19.7 Å². The van der Waals surface area contributed by atoms with Crippen LogP contribution in [0.25, 0.3) is 11.3 Å². The Kier molecular flexibility index (Phi) is 7.22. The van der Waals surface area contributed by atoms with Gasteiger partial charge in [-0.15, -0.1) is 11.3 Å². The van der Waals surface area contributed by atoms with E-state index in [1.807, 2.05) is 35.7 Å². The number of aromatic nitrogens is 1. The highest BCUT2D eigenvalue weighted by molar-refractivity contribution is 7.14. The lowest BCUT2D eigenvalue weighted by molar-refractivity contribution is -0.120. The summed E-state index contributed by atoms with van der Waals surface area (Å²) in [5.41, 5.74) is 2.21. The van der Waals surface area contributed by atoms with Gasteiger partial charge in [-0.05, 0) is 30.3 Å². The van der Waals surface area contributed by atoms with Gasteiger partial charge in [0, 0.05) is 22.2 Å². The number of rotatable bonds is 7. The molecule has 0 saturated heterocycles. The molecule has 194 valence electrons. The van der Waals surface area contributed by atoms with Crippen molar-refractivity contribution in [2.75, 3.05) is 22.6 Å². The first-order chi connectivity index (χ1) is 18.9. The monoisotopic (exact) mass is 558 g/mol. The molecular formula is C28H19ClN4O5S. The van der Waals surface area contributed by atoms with Crippen LogP contribution in [0.2, 0.25) is 0 Å². The molecule has 39 heavy (non-hydrogen) atoms. The number of halogens is 1. The third-order valence-corrected chi connectivity index (χ3v) is 6.87. The topological polar surface area (TPSA) is 118 Å². The maximum Gasteiger partial charge on any atom is 0.339 e. The smallest absolute Gasteiger partial charge is 0.339 e. The van der Waals surface area contributed by atoms with Crippen molar-refractivity contribution in [3.63, 3.8) is 0 Å². The lowest BCUT2D eigenvalue weighted by atomic mass is 10.1. The molecule has 0 bridgehead atoms. The number of hydrogen-bond acceptors (Lipinski definition) is 8. The van der Waals surface area contributed by atoms with Gasteiger partial charge in [0.2, 0.25) is 0 Å². The van der Waals surface area contributed by atoms with Gasteiger partial charge in [0.05, 0.1) is 24.1 Å². The van der Waals surface area contributed by atoms with Gasteiger partial charge >= 0.3 is 5.97 Å². The van der Waals surface area contributed by atoms with E-state index in [1.165, 1.54) is 36.6 Å². The maximum absolute atomic E-state index is 13.2. The van der Waals surface area contributed by atoms with Crippen LogP contribution in [0.4, 0.5) is 16.5 Å². The molecule has 2 heterocycles. The summed E-state index contributed by atoms with van der Waals surface area (Å²) in [7, 11) is 1.20. The van der Waals surface area contributed by atoms with Crippen LogP contribution in [0, 0.1) is 0 Å². The Bertz CT molecular complexity index is 1650. The Morgan fingerprint density at radius 2 is 1.69 bits per heavy atom. The van der Waals surface area contributed by atoms with Crippen LogP contribution in [-0.2, 0) is 14.3 Å². The average molecular weight is 559 g/mol. The summed E-state index contributed by atoms with van der Waals surface area (Å²) in [5, 5.41) is 7.54. The van der Waals surface area contributed by atoms with E-state index in [1.54, 1.807) is 30.3 Å². The fourth-order valence-electron chi connectivity index (χ4n) is 3.91. The maximum atomic E-state index is 13.2. The molecule has 3 amide bonds. The van der Waals surface area contributed by atoms with Crippen molar-refractivity contribution in [2.45, 2.75) is 0 Å². The van der Waals surface area contributed by atoms with Gasteiger partial charge in [-0.1, -0.05) is 60.1 Å². The molecule has 0 aliphatic carbocycles.